The molecule has 1 atom stereocenters. The molecule has 3 rings (SSSR count). The number of likely N-dealkylation sites (N-methyl/N-ethyl adjacent to an activating group) is 1. The van der Waals surface area contributed by atoms with E-state index in [0.29, 0.717) is 0 Å². The lowest BCUT2D eigenvalue weighted by atomic mass is 9.86. The summed E-state index contributed by atoms with van der Waals surface area (Å²) in [6.07, 6.45) is 4.87. The molecule has 3 heteroatoms. The first-order valence-electron chi connectivity index (χ1n) is 7.68. The molecule has 1 aromatic rings. The van der Waals surface area contributed by atoms with Crippen molar-refractivity contribution in [2.45, 2.75) is 38.1 Å². The molecule has 1 spiro atoms. The van der Waals surface area contributed by atoms with E-state index in [4.69, 9.17) is 0 Å². The highest BCUT2D eigenvalue weighted by atomic mass is 16.2. The Hall–Kier alpha value is -1.35. The molecule has 2 saturated heterocycles. The summed E-state index contributed by atoms with van der Waals surface area (Å²) in [5.41, 5.74) is 2.24. The van der Waals surface area contributed by atoms with E-state index in [2.05, 4.69) is 16.8 Å². The third-order valence-corrected chi connectivity index (χ3v) is 5.05. The van der Waals surface area contributed by atoms with Crippen LogP contribution in [0.1, 0.15) is 41.6 Å². The molecule has 0 bridgehead atoms. The fourth-order valence-electron chi connectivity index (χ4n) is 3.84. The third kappa shape index (κ3) is 2.35. The van der Waals surface area contributed by atoms with Gasteiger partial charge in [-0.1, -0.05) is 17.7 Å². The molecule has 0 aromatic heterocycles. The highest BCUT2D eigenvalue weighted by molar-refractivity contribution is 5.94. The molecule has 108 valence electrons. The summed E-state index contributed by atoms with van der Waals surface area (Å²) in [4.78, 5) is 17.3. The summed E-state index contributed by atoms with van der Waals surface area (Å²) >= 11 is 0. The highest BCUT2D eigenvalue weighted by Gasteiger charge is 2.43. The predicted octanol–water partition coefficient (Wildman–Crippen LogP) is 2.70. The number of hydrogen-bond acceptors (Lipinski definition) is 2. The fraction of sp³-hybridized carbons (Fsp3) is 0.588. The van der Waals surface area contributed by atoms with Crippen LogP contribution in [0.5, 0.6) is 0 Å². The second-order valence-electron chi connectivity index (χ2n) is 6.45. The van der Waals surface area contributed by atoms with Gasteiger partial charge in [0.05, 0.1) is 0 Å². The molecule has 0 N–H and O–H groups in total. The lowest BCUT2D eigenvalue weighted by Gasteiger charge is -2.44. The van der Waals surface area contributed by atoms with Crippen LogP contribution < -0.4 is 0 Å². The van der Waals surface area contributed by atoms with Gasteiger partial charge in [0.15, 0.2) is 0 Å². The Morgan fingerprint density at radius 2 is 1.95 bits per heavy atom. The fourth-order valence-corrected chi connectivity index (χ4v) is 3.84. The Morgan fingerprint density at radius 3 is 2.65 bits per heavy atom. The second kappa shape index (κ2) is 5.21. The molecule has 2 heterocycles. The average molecular weight is 272 g/mol. The van der Waals surface area contributed by atoms with Crippen LogP contribution >= 0.6 is 0 Å². The van der Waals surface area contributed by atoms with Crippen molar-refractivity contribution >= 4 is 5.91 Å². The number of carbonyl (C=O) groups is 1. The number of carbonyl (C=O) groups excluding carboxylic acids is 1. The largest absolute Gasteiger partial charge is 0.337 e. The Labute approximate surface area is 121 Å². The maximum absolute atomic E-state index is 12.7. The number of likely N-dealkylation sites (tertiary alicyclic amines) is 2. The van der Waals surface area contributed by atoms with Gasteiger partial charge in [0.25, 0.3) is 5.91 Å². The van der Waals surface area contributed by atoms with E-state index >= 15 is 0 Å². The number of rotatable bonds is 1. The van der Waals surface area contributed by atoms with Crippen LogP contribution in [-0.4, -0.2) is 47.9 Å². The molecule has 2 fully saturated rings. The molecule has 0 saturated carbocycles. The standard InChI is InChI=1S/C17H24N2O/c1-14-6-3-7-15(12-14)16(20)19-11-5-9-17(13-19)8-4-10-18(17)2/h3,6-7,12H,4-5,8-11,13H2,1-2H3. The van der Waals surface area contributed by atoms with Crippen molar-refractivity contribution in [1.29, 1.82) is 0 Å². The molecule has 1 unspecified atom stereocenters. The Morgan fingerprint density at radius 1 is 1.20 bits per heavy atom. The predicted molar refractivity (Wildman–Crippen MR) is 80.9 cm³/mol. The van der Waals surface area contributed by atoms with E-state index in [9.17, 15) is 4.79 Å². The summed E-state index contributed by atoms with van der Waals surface area (Å²) in [5, 5.41) is 0. The molecule has 3 nitrogen and oxygen atoms in total. The average Bonchev–Trinajstić information content (AvgIpc) is 2.79. The van der Waals surface area contributed by atoms with Crippen molar-refractivity contribution in [2.24, 2.45) is 0 Å². The molecular weight excluding hydrogens is 248 g/mol. The number of nitrogens with zero attached hydrogens (tertiary/aromatic N) is 2. The van der Waals surface area contributed by atoms with Gasteiger partial charge in [-0.2, -0.15) is 0 Å². The second-order valence-corrected chi connectivity index (χ2v) is 6.45. The smallest absolute Gasteiger partial charge is 0.253 e. The van der Waals surface area contributed by atoms with Crippen molar-refractivity contribution in [3.8, 4) is 0 Å². The summed E-state index contributed by atoms with van der Waals surface area (Å²) < 4.78 is 0. The highest BCUT2D eigenvalue weighted by Crippen LogP contribution is 2.36. The van der Waals surface area contributed by atoms with Gasteiger partial charge in [-0.05, 0) is 58.3 Å². The summed E-state index contributed by atoms with van der Waals surface area (Å²) in [6.45, 7) is 5.02. The van der Waals surface area contributed by atoms with E-state index in [1.807, 2.05) is 31.2 Å². The SMILES string of the molecule is Cc1cccc(C(=O)N2CCCC3(CCCN3C)C2)c1. The normalized spacial score (nSPS) is 27.2. The molecule has 0 aliphatic carbocycles. The van der Waals surface area contributed by atoms with Crippen LogP contribution in [-0.2, 0) is 0 Å². The van der Waals surface area contributed by atoms with Crippen molar-refractivity contribution in [3.05, 3.63) is 35.4 Å². The van der Waals surface area contributed by atoms with Crippen LogP contribution in [0.15, 0.2) is 24.3 Å². The summed E-state index contributed by atoms with van der Waals surface area (Å²) in [7, 11) is 2.22. The number of hydrogen-bond donors (Lipinski definition) is 0. The monoisotopic (exact) mass is 272 g/mol. The maximum Gasteiger partial charge on any atom is 0.253 e. The Bertz CT molecular complexity index is 513. The first-order chi connectivity index (χ1) is 9.61. The van der Waals surface area contributed by atoms with E-state index in [1.54, 1.807) is 0 Å². The number of aryl methyl sites for hydroxylation is 1. The van der Waals surface area contributed by atoms with Crippen molar-refractivity contribution in [1.82, 2.24) is 9.80 Å². The topological polar surface area (TPSA) is 23.6 Å². The zero-order valence-corrected chi connectivity index (χ0v) is 12.6. The third-order valence-electron chi connectivity index (χ3n) is 5.05. The van der Waals surface area contributed by atoms with E-state index in [0.717, 1.165) is 30.6 Å². The zero-order valence-electron chi connectivity index (χ0n) is 12.6. The Kier molecular flexibility index (Phi) is 3.55. The van der Waals surface area contributed by atoms with Crippen LogP contribution in [0.4, 0.5) is 0 Å². The van der Waals surface area contributed by atoms with Crippen LogP contribution in [0, 0.1) is 6.92 Å². The molecule has 2 aliphatic heterocycles. The van der Waals surface area contributed by atoms with Crippen LogP contribution in [0.2, 0.25) is 0 Å². The minimum atomic E-state index is 0.202. The maximum atomic E-state index is 12.7. The van der Waals surface area contributed by atoms with Crippen molar-refractivity contribution < 1.29 is 4.79 Å². The number of benzene rings is 1. The van der Waals surface area contributed by atoms with Crippen LogP contribution in [0.3, 0.4) is 0 Å². The van der Waals surface area contributed by atoms with Crippen molar-refractivity contribution in [3.63, 3.8) is 0 Å². The van der Waals surface area contributed by atoms with Gasteiger partial charge in [-0.25, -0.2) is 0 Å². The lowest BCUT2D eigenvalue weighted by molar-refractivity contribution is 0.0412. The Balaban J connectivity index is 1.78. The van der Waals surface area contributed by atoms with E-state index in [-0.39, 0.29) is 11.4 Å². The van der Waals surface area contributed by atoms with E-state index < -0.39 is 0 Å². The minimum Gasteiger partial charge on any atom is -0.337 e. The molecule has 20 heavy (non-hydrogen) atoms. The minimum absolute atomic E-state index is 0.202. The first-order valence-corrected chi connectivity index (χ1v) is 7.68. The molecule has 0 radical (unpaired) electrons. The molecule has 2 aliphatic rings. The first kappa shape index (κ1) is 13.6. The summed E-state index contributed by atoms with van der Waals surface area (Å²) in [5.74, 6) is 0.202. The molecule has 1 amide bonds. The van der Waals surface area contributed by atoms with Crippen LogP contribution in [0.25, 0.3) is 0 Å². The number of piperidine rings is 1. The van der Waals surface area contributed by atoms with Gasteiger partial charge in [0, 0.05) is 24.2 Å². The van der Waals surface area contributed by atoms with Gasteiger partial charge in [-0.3, -0.25) is 9.69 Å². The van der Waals surface area contributed by atoms with Gasteiger partial charge in [-0.15, -0.1) is 0 Å². The molecular formula is C17H24N2O. The number of amides is 1. The zero-order chi connectivity index (χ0) is 14.2. The van der Waals surface area contributed by atoms with Crippen molar-refractivity contribution in [2.75, 3.05) is 26.7 Å². The summed E-state index contributed by atoms with van der Waals surface area (Å²) in [6, 6.07) is 7.96. The quantitative estimate of drug-likeness (QED) is 0.785. The van der Waals surface area contributed by atoms with Gasteiger partial charge >= 0.3 is 0 Å². The van der Waals surface area contributed by atoms with E-state index in [1.165, 1.54) is 25.8 Å². The molecule has 1 aromatic carbocycles. The lowest BCUT2D eigenvalue weighted by Crippen LogP contribution is -2.55. The van der Waals surface area contributed by atoms with Gasteiger partial charge in [0.1, 0.15) is 0 Å². The van der Waals surface area contributed by atoms with Gasteiger partial charge < -0.3 is 4.90 Å². The van der Waals surface area contributed by atoms with Gasteiger partial charge in [0.2, 0.25) is 0 Å².